The zero-order valence-corrected chi connectivity index (χ0v) is 11.2. The number of rotatable bonds is 3. The Morgan fingerprint density at radius 1 is 1.10 bits per heavy atom. The SMILES string of the molecule is Fc1ccc(Cc2nc3c(c(C4CC4)n2)CNC3)cc1. The lowest BCUT2D eigenvalue weighted by Crippen LogP contribution is -2.06. The number of hydrogen-bond acceptors (Lipinski definition) is 3. The van der Waals surface area contributed by atoms with Gasteiger partial charge in [0.05, 0.1) is 11.4 Å². The third-order valence-electron chi connectivity index (χ3n) is 4.00. The molecule has 1 aliphatic heterocycles. The third kappa shape index (κ3) is 2.20. The fourth-order valence-electron chi connectivity index (χ4n) is 2.81. The van der Waals surface area contributed by atoms with Crippen LogP contribution < -0.4 is 5.32 Å². The van der Waals surface area contributed by atoms with Gasteiger partial charge in [-0.05, 0) is 30.5 Å². The minimum atomic E-state index is -0.202. The van der Waals surface area contributed by atoms with Crippen LogP contribution in [0, 0.1) is 5.82 Å². The first kappa shape index (κ1) is 12.0. The predicted molar refractivity (Wildman–Crippen MR) is 73.8 cm³/mol. The Kier molecular flexibility index (Phi) is 2.77. The molecule has 2 aliphatic rings. The Hall–Kier alpha value is -1.81. The first-order valence-corrected chi connectivity index (χ1v) is 7.13. The van der Waals surface area contributed by atoms with Crippen LogP contribution in [0.15, 0.2) is 24.3 Å². The summed E-state index contributed by atoms with van der Waals surface area (Å²) in [5, 5.41) is 3.36. The number of hydrogen-bond donors (Lipinski definition) is 1. The monoisotopic (exact) mass is 269 g/mol. The van der Waals surface area contributed by atoms with E-state index in [1.165, 1.54) is 36.2 Å². The van der Waals surface area contributed by atoms with E-state index in [1.54, 1.807) is 12.1 Å². The van der Waals surface area contributed by atoms with E-state index in [9.17, 15) is 4.39 Å². The van der Waals surface area contributed by atoms with Crippen LogP contribution in [0.5, 0.6) is 0 Å². The predicted octanol–water partition coefficient (Wildman–Crippen LogP) is 2.69. The van der Waals surface area contributed by atoms with Gasteiger partial charge in [0.15, 0.2) is 0 Å². The fraction of sp³-hybridized carbons (Fsp3) is 0.375. The average Bonchev–Trinajstić information content (AvgIpc) is 3.19. The van der Waals surface area contributed by atoms with Crippen molar-refractivity contribution >= 4 is 0 Å². The van der Waals surface area contributed by atoms with Crippen LogP contribution in [-0.4, -0.2) is 9.97 Å². The zero-order valence-electron chi connectivity index (χ0n) is 11.2. The van der Waals surface area contributed by atoms with E-state index < -0.39 is 0 Å². The van der Waals surface area contributed by atoms with Gasteiger partial charge in [0.1, 0.15) is 11.6 Å². The third-order valence-corrected chi connectivity index (χ3v) is 4.00. The molecule has 0 spiro atoms. The van der Waals surface area contributed by atoms with Gasteiger partial charge in [-0.3, -0.25) is 0 Å². The molecule has 4 heteroatoms. The minimum absolute atomic E-state index is 0.202. The van der Waals surface area contributed by atoms with Crippen molar-refractivity contribution in [3.63, 3.8) is 0 Å². The molecule has 20 heavy (non-hydrogen) atoms. The van der Waals surface area contributed by atoms with Crippen molar-refractivity contribution in [3.05, 3.63) is 58.4 Å². The highest BCUT2D eigenvalue weighted by Gasteiger charge is 2.31. The zero-order chi connectivity index (χ0) is 13.5. The number of nitrogens with one attached hydrogen (secondary N) is 1. The second-order valence-electron chi connectivity index (χ2n) is 5.63. The number of fused-ring (bicyclic) bond motifs is 1. The van der Waals surface area contributed by atoms with Crippen molar-refractivity contribution in [1.82, 2.24) is 15.3 Å². The lowest BCUT2D eigenvalue weighted by Gasteiger charge is -2.09. The Bertz CT molecular complexity index is 648. The molecule has 2 heterocycles. The number of aromatic nitrogens is 2. The molecule has 1 N–H and O–H groups in total. The van der Waals surface area contributed by atoms with Gasteiger partial charge >= 0.3 is 0 Å². The highest BCUT2D eigenvalue weighted by molar-refractivity contribution is 5.34. The van der Waals surface area contributed by atoms with Gasteiger partial charge in [0.2, 0.25) is 0 Å². The van der Waals surface area contributed by atoms with Crippen LogP contribution in [0.3, 0.4) is 0 Å². The van der Waals surface area contributed by atoms with Crippen LogP contribution in [0.2, 0.25) is 0 Å². The quantitative estimate of drug-likeness (QED) is 0.931. The summed E-state index contributed by atoms with van der Waals surface area (Å²) in [5.74, 6) is 1.30. The smallest absolute Gasteiger partial charge is 0.133 e. The maximum absolute atomic E-state index is 12.9. The lowest BCUT2D eigenvalue weighted by molar-refractivity contribution is 0.627. The number of nitrogens with zero attached hydrogens (tertiary/aromatic N) is 2. The summed E-state index contributed by atoms with van der Waals surface area (Å²) in [7, 11) is 0. The molecule has 1 saturated carbocycles. The van der Waals surface area contributed by atoms with Gasteiger partial charge < -0.3 is 5.32 Å². The highest BCUT2D eigenvalue weighted by atomic mass is 19.1. The van der Waals surface area contributed by atoms with Crippen LogP contribution in [0.1, 0.15) is 47.1 Å². The summed E-state index contributed by atoms with van der Waals surface area (Å²) in [4.78, 5) is 9.45. The van der Waals surface area contributed by atoms with Crippen molar-refractivity contribution in [2.75, 3.05) is 0 Å². The lowest BCUT2D eigenvalue weighted by atomic mass is 10.1. The Labute approximate surface area is 117 Å². The fourth-order valence-corrected chi connectivity index (χ4v) is 2.81. The second-order valence-corrected chi connectivity index (χ2v) is 5.63. The van der Waals surface area contributed by atoms with E-state index in [4.69, 9.17) is 4.98 Å². The highest BCUT2D eigenvalue weighted by Crippen LogP contribution is 2.41. The molecule has 102 valence electrons. The number of benzene rings is 1. The van der Waals surface area contributed by atoms with Crippen LogP contribution >= 0.6 is 0 Å². The van der Waals surface area contributed by atoms with Crippen molar-refractivity contribution in [3.8, 4) is 0 Å². The molecule has 2 aromatic rings. The first-order valence-electron chi connectivity index (χ1n) is 7.13. The van der Waals surface area contributed by atoms with Gasteiger partial charge in [0.25, 0.3) is 0 Å². The summed E-state index contributed by atoms with van der Waals surface area (Å²) in [6.45, 7) is 1.74. The molecule has 1 fully saturated rings. The summed E-state index contributed by atoms with van der Waals surface area (Å²) in [6.07, 6.45) is 3.17. The van der Waals surface area contributed by atoms with E-state index in [2.05, 4.69) is 10.3 Å². The molecule has 0 bridgehead atoms. The second kappa shape index (κ2) is 4.63. The van der Waals surface area contributed by atoms with Crippen LogP contribution in [-0.2, 0) is 19.5 Å². The number of halogens is 1. The molecule has 0 saturated heterocycles. The van der Waals surface area contributed by atoms with E-state index in [-0.39, 0.29) is 5.82 Å². The van der Waals surface area contributed by atoms with E-state index in [0.717, 1.165) is 30.2 Å². The molecular formula is C16H16FN3. The molecule has 1 aromatic heterocycles. The standard InChI is InChI=1S/C16H16FN3/c17-12-5-1-10(2-6-12)7-15-19-14-9-18-8-13(14)16(20-15)11-3-4-11/h1-2,5-6,11,18H,3-4,7-9H2. The van der Waals surface area contributed by atoms with Gasteiger partial charge in [0, 0.05) is 31.0 Å². The van der Waals surface area contributed by atoms with Crippen molar-refractivity contribution in [1.29, 1.82) is 0 Å². The minimum Gasteiger partial charge on any atom is -0.307 e. The molecule has 1 aromatic carbocycles. The van der Waals surface area contributed by atoms with E-state index in [0.29, 0.717) is 12.3 Å². The van der Waals surface area contributed by atoms with Gasteiger partial charge in [-0.25, -0.2) is 14.4 Å². The largest absolute Gasteiger partial charge is 0.307 e. The van der Waals surface area contributed by atoms with Crippen molar-refractivity contribution in [2.24, 2.45) is 0 Å². The Morgan fingerprint density at radius 3 is 2.65 bits per heavy atom. The molecular weight excluding hydrogens is 253 g/mol. The molecule has 1 aliphatic carbocycles. The summed E-state index contributed by atoms with van der Waals surface area (Å²) >= 11 is 0. The van der Waals surface area contributed by atoms with E-state index in [1.807, 2.05) is 0 Å². The van der Waals surface area contributed by atoms with Crippen molar-refractivity contribution in [2.45, 2.75) is 38.3 Å². The van der Waals surface area contributed by atoms with Crippen LogP contribution in [0.4, 0.5) is 4.39 Å². The van der Waals surface area contributed by atoms with Gasteiger partial charge in [-0.1, -0.05) is 12.1 Å². The summed E-state index contributed by atoms with van der Waals surface area (Å²) in [6, 6.07) is 6.60. The average molecular weight is 269 g/mol. The molecule has 0 atom stereocenters. The molecule has 4 rings (SSSR count). The molecule has 3 nitrogen and oxygen atoms in total. The molecule has 0 radical (unpaired) electrons. The molecule has 0 unspecified atom stereocenters. The Morgan fingerprint density at radius 2 is 1.90 bits per heavy atom. The summed E-state index contributed by atoms with van der Waals surface area (Å²) < 4.78 is 12.9. The van der Waals surface area contributed by atoms with Crippen LogP contribution in [0.25, 0.3) is 0 Å². The van der Waals surface area contributed by atoms with Gasteiger partial charge in [-0.15, -0.1) is 0 Å². The summed E-state index contributed by atoms with van der Waals surface area (Å²) in [5.41, 5.74) is 4.77. The van der Waals surface area contributed by atoms with Crippen molar-refractivity contribution < 1.29 is 4.39 Å². The topological polar surface area (TPSA) is 37.8 Å². The maximum Gasteiger partial charge on any atom is 0.133 e. The Balaban J connectivity index is 1.68. The first-order chi connectivity index (χ1) is 9.79. The normalized spacial score (nSPS) is 17.2. The van der Waals surface area contributed by atoms with E-state index >= 15 is 0 Å². The molecule has 0 amide bonds. The van der Waals surface area contributed by atoms with Gasteiger partial charge in [-0.2, -0.15) is 0 Å². The maximum atomic E-state index is 12.9.